The van der Waals surface area contributed by atoms with Crippen LogP contribution in [0.2, 0.25) is 0 Å². The van der Waals surface area contributed by atoms with Gasteiger partial charge in [-0.15, -0.1) is 0 Å². The molecule has 28 heavy (non-hydrogen) atoms. The first-order chi connectivity index (χ1) is 13.6. The van der Waals surface area contributed by atoms with Crippen LogP contribution in [-0.4, -0.2) is 22.7 Å². The minimum absolute atomic E-state index is 0.00459. The average Bonchev–Trinajstić information content (AvgIpc) is 2.74. The molecule has 0 fully saturated rings. The molecule has 0 bridgehead atoms. The Morgan fingerprint density at radius 3 is 2.21 bits per heavy atom. The van der Waals surface area contributed by atoms with E-state index in [4.69, 9.17) is 4.74 Å². The monoisotopic (exact) mass is 386 g/mol. The van der Waals surface area contributed by atoms with Gasteiger partial charge in [-0.05, 0) is 24.3 Å². The third-order valence-electron chi connectivity index (χ3n) is 5.33. The highest BCUT2D eigenvalue weighted by molar-refractivity contribution is 5.55. The first-order valence-electron chi connectivity index (χ1n) is 10.8. The molecule has 1 heterocycles. The molecule has 1 aromatic carbocycles. The molecular weight excluding hydrogens is 351 g/mol. The van der Waals surface area contributed by atoms with Crippen molar-refractivity contribution in [2.75, 3.05) is 6.61 Å². The molecule has 0 aliphatic carbocycles. The second-order valence-electron chi connectivity index (χ2n) is 7.67. The van der Waals surface area contributed by atoms with Gasteiger partial charge in [0.05, 0.1) is 12.4 Å². The van der Waals surface area contributed by atoms with Crippen molar-refractivity contribution >= 4 is 0 Å². The van der Waals surface area contributed by atoms with Crippen molar-refractivity contribution in [1.82, 2.24) is 9.97 Å². The molecule has 0 saturated carbocycles. The van der Waals surface area contributed by atoms with Crippen LogP contribution < -0.4 is 4.74 Å². The molecule has 0 aliphatic rings. The minimum Gasteiger partial charge on any atom is -0.487 e. The van der Waals surface area contributed by atoms with E-state index in [1.165, 1.54) is 44.1 Å². The molecule has 1 aromatic heterocycles. The molecule has 2 unspecified atom stereocenters. The SMILES string of the molecule is CCCCCCCCc1ccc(-c2ncc(OCC(F)C(C)CC)cn2)cc1. The molecule has 2 aromatic rings. The maximum absolute atomic E-state index is 13.9. The Bertz CT molecular complexity index is 657. The van der Waals surface area contributed by atoms with Crippen LogP contribution in [0.25, 0.3) is 11.4 Å². The van der Waals surface area contributed by atoms with Crippen LogP contribution in [-0.2, 0) is 6.42 Å². The zero-order valence-corrected chi connectivity index (χ0v) is 17.7. The van der Waals surface area contributed by atoms with Crippen LogP contribution in [0.3, 0.4) is 0 Å². The number of rotatable bonds is 13. The van der Waals surface area contributed by atoms with E-state index in [1.54, 1.807) is 12.4 Å². The third-order valence-corrected chi connectivity index (χ3v) is 5.33. The van der Waals surface area contributed by atoms with E-state index >= 15 is 0 Å². The van der Waals surface area contributed by atoms with Crippen molar-refractivity contribution in [3.05, 3.63) is 42.2 Å². The van der Waals surface area contributed by atoms with E-state index in [-0.39, 0.29) is 12.5 Å². The highest BCUT2D eigenvalue weighted by Crippen LogP contribution is 2.19. The highest BCUT2D eigenvalue weighted by Gasteiger charge is 2.15. The maximum atomic E-state index is 13.9. The van der Waals surface area contributed by atoms with Crippen LogP contribution in [0.15, 0.2) is 36.7 Å². The zero-order chi connectivity index (χ0) is 20.2. The van der Waals surface area contributed by atoms with Gasteiger partial charge in [0.25, 0.3) is 0 Å². The smallest absolute Gasteiger partial charge is 0.159 e. The van der Waals surface area contributed by atoms with Gasteiger partial charge in [-0.3, -0.25) is 0 Å². The second-order valence-corrected chi connectivity index (χ2v) is 7.67. The lowest BCUT2D eigenvalue weighted by atomic mass is 10.0. The van der Waals surface area contributed by atoms with Gasteiger partial charge in [-0.1, -0.05) is 83.6 Å². The van der Waals surface area contributed by atoms with Crippen LogP contribution in [0, 0.1) is 5.92 Å². The Morgan fingerprint density at radius 1 is 0.929 bits per heavy atom. The number of aryl methyl sites for hydroxylation is 1. The summed E-state index contributed by atoms with van der Waals surface area (Å²) in [6.07, 6.45) is 12.1. The number of alkyl halides is 1. The molecule has 0 amide bonds. The average molecular weight is 387 g/mol. The third kappa shape index (κ3) is 7.57. The van der Waals surface area contributed by atoms with Crippen LogP contribution >= 0.6 is 0 Å². The van der Waals surface area contributed by atoms with Crippen molar-refractivity contribution in [1.29, 1.82) is 0 Å². The van der Waals surface area contributed by atoms with Crippen molar-refractivity contribution in [3.63, 3.8) is 0 Å². The summed E-state index contributed by atoms with van der Waals surface area (Å²) < 4.78 is 19.3. The van der Waals surface area contributed by atoms with E-state index in [1.807, 2.05) is 13.8 Å². The Morgan fingerprint density at radius 2 is 1.57 bits per heavy atom. The Labute approximate surface area is 169 Å². The molecule has 0 saturated heterocycles. The molecule has 0 spiro atoms. The molecular formula is C24H35FN2O. The van der Waals surface area contributed by atoms with Gasteiger partial charge in [0.2, 0.25) is 0 Å². The number of hydrogen-bond donors (Lipinski definition) is 0. The van der Waals surface area contributed by atoms with Gasteiger partial charge in [-0.2, -0.15) is 0 Å². The van der Waals surface area contributed by atoms with E-state index < -0.39 is 6.17 Å². The van der Waals surface area contributed by atoms with E-state index in [9.17, 15) is 4.39 Å². The number of hydrogen-bond acceptors (Lipinski definition) is 3. The Balaban J connectivity index is 1.80. The molecule has 3 nitrogen and oxygen atoms in total. The summed E-state index contributed by atoms with van der Waals surface area (Å²) >= 11 is 0. The van der Waals surface area contributed by atoms with Gasteiger partial charge >= 0.3 is 0 Å². The van der Waals surface area contributed by atoms with Crippen LogP contribution in [0.4, 0.5) is 4.39 Å². The number of aromatic nitrogens is 2. The molecule has 0 radical (unpaired) electrons. The molecule has 0 N–H and O–H groups in total. The topological polar surface area (TPSA) is 35.0 Å². The van der Waals surface area contributed by atoms with E-state index in [2.05, 4.69) is 41.2 Å². The normalized spacial score (nSPS) is 13.3. The lowest BCUT2D eigenvalue weighted by Gasteiger charge is -2.15. The predicted molar refractivity (Wildman–Crippen MR) is 114 cm³/mol. The number of benzene rings is 1. The molecule has 0 aliphatic heterocycles. The Hall–Kier alpha value is -1.97. The Kier molecular flexibility index (Phi) is 9.95. The lowest BCUT2D eigenvalue weighted by molar-refractivity contribution is 0.145. The summed E-state index contributed by atoms with van der Waals surface area (Å²) in [5.74, 6) is 1.17. The van der Waals surface area contributed by atoms with E-state index in [0.29, 0.717) is 11.6 Å². The predicted octanol–water partition coefficient (Wildman–Crippen LogP) is 6.81. The molecule has 4 heteroatoms. The first kappa shape index (κ1) is 22.3. The quantitative estimate of drug-likeness (QED) is 0.355. The van der Waals surface area contributed by atoms with Crippen molar-refractivity contribution in [2.24, 2.45) is 5.92 Å². The number of ether oxygens (including phenoxy) is 1. The standard InChI is InChI=1S/C24H35FN2O/c1-4-6-7-8-9-10-11-20-12-14-21(15-13-20)24-26-16-22(17-27-24)28-18-23(25)19(3)5-2/h12-17,19,23H,4-11,18H2,1-3H3. The molecule has 2 rings (SSSR count). The number of nitrogens with zero attached hydrogens (tertiary/aromatic N) is 2. The van der Waals surface area contributed by atoms with Crippen LogP contribution in [0.5, 0.6) is 5.75 Å². The van der Waals surface area contributed by atoms with Gasteiger partial charge in [0.15, 0.2) is 11.6 Å². The summed E-state index contributed by atoms with van der Waals surface area (Å²) in [5, 5.41) is 0. The fourth-order valence-corrected chi connectivity index (χ4v) is 3.07. The number of halogens is 1. The largest absolute Gasteiger partial charge is 0.487 e. The van der Waals surface area contributed by atoms with Crippen molar-refractivity contribution in [2.45, 2.75) is 78.3 Å². The summed E-state index contributed by atoms with van der Waals surface area (Å²) in [4.78, 5) is 8.73. The fourth-order valence-electron chi connectivity index (χ4n) is 3.07. The summed E-state index contributed by atoms with van der Waals surface area (Å²) in [7, 11) is 0. The number of unbranched alkanes of at least 4 members (excludes halogenated alkanes) is 5. The van der Waals surface area contributed by atoms with Crippen molar-refractivity contribution < 1.29 is 9.13 Å². The lowest BCUT2D eigenvalue weighted by Crippen LogP contribution is -2.20. The van der Waals surface area contributed by atoms with Gasteiger partial charge in [0, 0.05) is 5.56 Å². The van der Waals surface area contributed by atoms with Gasteiger partial charge in [-0.25, -0.2) is 14.4 Å². The highest BCUT2D eigenvalue weighted by atomic mass is 19.1. The first-order valence-corrected chi connectivity index (χ1v) is 10.8. The minimum atomic E-state index is -0.969. The van der Waals surface area contributed by atoms with Gasteiger partial charge in [0.1, 0.15) is 12.8 Å². The fraction of sp³-hybridized carbons (Fsp3) is 0.583. The van der Waals surface area contributed by atoms with Crippen molar-refractivity contribution in [3.8, 4) is 17.1 Å². The van der Waals surface area contributed by atoms with E-state index in [0.717, 1.165) is 18.4 Å². The zero-order valence-electron chi connectivity index (χ0n) is 17.7. The summed E-state index contributed by atoms with van der Waals surface area (Å²) in [6.45, 7) is 6.17. The molecule has 154 valence electrons. The van der Waals surface area contributed by atoms with Gasteiger partial charge < -0.3 is 4.74 Å². The summed E-state index contributed by atoms with van der Waals surface area (Å²) in [6, 6.07) is 8.47. The van der Waals surface area contributed by atoms with Crippen LogP contribution in [0.1, 0.15) is 71.3 Å². The maximum Gasteiger partial charge on any atom is 0.159 e. The summed E-state index contributed by atoms with van der Waals surface area (Å²) in [5.41, 5.74) is 2.35. The second kappa shape index (κ2) is 12.5. The molecule has 2 atom stereocenters.